The van der Waals surface area contributed by atoms with E-state index in [9.17, 15) is 24.0 Å². The molecule has 1 aliphatic carbocycles. The van der Waals surface area contributed by atoms with Crippen LogP contribution in [0.3, 0.4) is 0 Å². The summed E-state index contributed by atoms with van der Waals surface area (Å²) in [5.41, 5.74) is 0.677. The van der Waals surface area contributed by atoms with Gasteiger partial charge in [0.25, 0.3) is 11.8 Å². The first-order valence-corrected chi connectivity index (χ1v) is 22.6. The zero-order chi connectivity index (χ0) is 42.0. The van der Waals surface area contributed by atoms with Crippen LogP contribution >= 0.6 is 7.26 Å². The first kappa shape index (κ1) is 44.3. The summed E-state index contributed by atoms with van der Waals surface area (Å²) in [4.78, 5) is 67.8. The maximum absolute atomic E-state index is 13.1. The van der Waals surface area contributed by atoms with Gasteiger partial charge in [0.1, 0.15) is 5.69 Å². The zero-order valence-electron chi connectivity index (χ0n) is 34.3. The minimum atomic E-state index is -2.31. The molecule has 5 rings (SSSR count). The molecular weight excluding hydrogens is 766 g/mol. The number of amides is 5. The van der Waals surface area contributed by atoms with Gasteiger partial charge < -0.3 is 30.4 Å². The Hall–Kier alpha value is -5.85. The summed E-state index contributed by atoms with van der Waals surface area (Å²) in [5, 5.41) is 21.1. The maximum atomic E-state index is 13.1. The van der Waals surface area contributed by atoms with Crippen LogP contribution in [-0.4, -0.2) is 83.0 Å². The van der Waals surface area contributed by atoms with E-state index in [1.54, 1.807) is 24.9 Å². The van der Waals surface area contributed by atoms with E-state index in [-0.39, 0.29) is 61.2 Å². The molecule has 5 amide bonds. The average molecular weight is 824 g/mol. The molecule has 0 saturated carbocycles. The molecule has 2 heterocycles. The molecule has 1 aliphatic rings. The van der Waals surface area contributed by atoms with Gasteiger partial charge >= 0.3 is 202 Å². The van der Waals surface area contributed by atoms with Gasteiger partial charge in [-0.15, -0.1) is 0 Å². The van der Waals surface area contributed by atoms with E-state index >= 15 is 0 Å². The van der Waals surface area contributed by atoms with Crippen LogP contribution in [0.1, 0.15) is 72.5 Å². The van der Waals surface area contributed by atoms with Gasteiger partial charge in [-0.05, 0) is 26.1 Å². The summed E-state index contributed by atoms with van der Waals surface area (Å²) in [6.45, 7) is 1.70. The van der Waals surface area contributed by atoms with E-state index < -0.39 is 13.2 Å². The number of nitrogens with zero attached hydrogens (tertiary/aromatic N) is 3. The van der Waals surface area contributed by atoms with E-state index in [4.69, 9.17) is 0 Å². The van der Waals surface area contributed by atoms with Crippen molar-refractivity contribution in [2.75, 3.05) is 50.0 Å². The molecule has 15 heteroatoms. The number of aryl methyl sites for hydroxylation is 2. The summed E-state index contributed by atoms with van der Waals surface area (Å²) in [7, 11) is 2.84. The van der Waals surface area contributed by atoms with Gasteiger partial charge in [0.15, 0.2) is 0 Å². The van der Waals surface area contributed by atoms with Gasteiger partial charge in [-0.3, -0.25) is 14.4 Å². The quantitative estimate of drug-likeness (QED) is 0.0510. The minimum Gasteiger partial charge on any atom is -0.344 e. The summed E-state index contributed by atoms with van der Waals surface area (Å²) in [6, 6.07) is 23.2. The zero-order valence-corrected chi connectivity index (χ0v) is 35.3. The van der Waals surface area contributed by atoms with Crippen molar-refractivity contribution in [1.82, 2.24) is 35.4 Å². The standard InChI is InChI=1S/C44H58N9O5P/c1-45-25-15-26-46-40(55)23-28-48-43(57)37-30-33(31-52(37)2)49-44(58)42-51-38(32-53(42)3)50-41(56)24-27-47-39(54)22-13-14-29-59(34-16-7-4-8-17-34,35-18-9-5-10-19-35)36-20-11-6-12-21-36/h4-5,7-11,16-21,30-32,45,59H,6,12-15,22-29H2,1-3H3,(H,46,55)(H,47,54)(H,48,57)(H,49,58)(H,50,56). The average Bonchev–Trinajstić information content (AvgIpc) is 3.80. The molecule has 0 atom stereocenters. The molecule has 0 bridgehead atoms. The van der Waals surface area contributed by atoms with Gasteiger partial charge in [-0.1, -0.05) is 0 Å². The fraction of sp³-hybridized carbons (Fsp3) is 0.364. The van der Waals surface area contributed by atoms with Crippen molar-refractivity contribution in [3.63, 3.8) is 0 Å². The van der Waals surface area contributed by atoms with Gasteiger partial charge in [-0.25, -0.2) is 0 Å². The molecule has 314 valence electrons. The number of hydrogen-bond donors (Lipinski definition) is 6. The van der Waals surface area contributed by atoms with E-state index in [1.165, 1.54) is 32.8 Å². The molecule has 0 saturated heterocycles. The predicted molar refractivity (Wildman–Crippen MR) is 237 cm³/mol. The Balaban J connectivity index is 1.05. The van der Waals surface area contributed by atoms with Crippen LogP contribution in [0.25, 0.3) is 0 Å². The van der Waals surface area contributed by atoms with Crippen LogP contribution in [-0.2, 0) is 28.5 Å². The van der Waals surface area contributed by atoms with Gasteiger partial charge in [0.2, 0.25) is 11.7 Å². The van der Waals surface area contributed by atoms with Crippen molar-refractivity contribution in [3.8, 4) is 0 Å². The molecule has 6 N–H and O–H groups in total. The number of nitrogens with one attached hydrogen (secondary N) is 6. The van der Waals surface area contributed by atoms with E-state index in [0.29, 0.717) is 24.3 Å². The summed E-state index contributed by atoms with van der Waals surface area (Å²) in [5.74, 6) is -1.27. The Kier molecular flexibility index (Phi) is 16.8. The summed E-state index contributed by atoms with van der Waals surface area (Å²) >= 11 is 0. The van der Waals surface area contributed by atoms with Gasteiger partial charge in [0, 0.05) is 39.8 Å². The molecule has 4 aromatic rings. The van der Waals surface area contributed by atoms with Crippen LogP contribution in [0.15, 0.2) is 103 Å². The third-order valence-electron chi connectivity index (χ3n) is 10.3. The number of carbonyl (C=O) groups is 5. The third-order valence-corrected chi connectivity index (χ3v) is 15.4. The molecule has 0 spiro atoms. The Morgan fingerprint density at radius 1 is 0.678 bits per heavy atom. The molecular formula is C44H58N9O5P. The second-order valence-electron chi connectivity index (χ2n) is 14.7. The first-order chi connectivity index (χ1) is 28.6. The van der Waals surface area contributed by atoms with Gasteiger partial charge in [-0.2, -0.15) is 0 Å². The number of allylic oxidation sites excluding steroid dienone is 4. The third kappa shape index (κ3) is 12.6. The molecule has 0 fully saturated rings. The topological polar surface area (TPSA) is 180 Å². The summed E-state index contributed by atoms with van der Waals surface area (Å²) < 4.78 is 3.06. The monoisotopic (exact) mass is 823 g/mol. The van der Waals surface area contributed by atoms with Crippen LogP contribution in [0, 0.1) is 0 Å². The second-order valence-corrected chi connectivity index (χ2v) is 18.7. The van der Waals surface area contributed by atoms with Crippen molar-refractivity contribution < 1.29 is 24.0 Å². The predicted octanol–water partition coefficient (Wildman–Crippen LogP) is 4.11. The SMILES string of the molecule is CNCCCNC(=O)CCNC(=O)c1cc(NC(=O)c2nc(NC(=O)CCNC(=O)CCCC[PH](C3=CCCC=C3)(c3ccccc3)c3ccccc3)cn2C)cn1C. The second kappa shape index (κ2) is 22.3. The fourth-order valence-electron chi connectivity index (χ4n) is 7.34. The Labute approximate surface area is 347 Å². The van der Waals surface area contributed by atoms with Crippen molar-refractivity contribution in [3.05, 3.63) is 114 Å². The number of benzene rings is 2. The molecule has 2 aromatic carbocycles. The van der Waals surface area contributed by atoms with Crippen molar-refractivity contribution in [2.24, 2.45) is 14.1 Å². The van der Waals surface area contributed by atoms with Crippen molar-refractivity contribution in [2.45, 2.75) is 51.4 Å². The number of rotatable bonds is 22. The molecule has 14 nitrogen and oxygen atoms in total. The van der Waals surface area contributed by atoms with E-state index in [2.05, 4.69) is 116 Å². The number of aromatic nitrogens is 3. The number of unbranched alkanes of at least 4 members (excludes halogenated alkanes) is 1. The molecule has 2 aromatic heterocycles. The number of anilines is 2. The van der Waals surface area contributed by atoms with Crippen LogP contribution in [0.5, 0.6) is 0 Å². The van der Waals surface area contributed by atoms with Crippen LogP contribution in [0.4, 0.5) is 11.5 Å². The Bertz CT molecular complexity index is 2070. The fourth-order valence-corrected chi connectivity index (χ4v) is 12.4. The molecule has 59 heavy (non-hydrogen) atoms. The smallest absolute Gasteiger partial charge is 0.344 e. The van der Waals surface area contributed by atoms with Crippen molar-refractivity contribution >= 4 is 58.9 Å². The van der Waals surface area contributed by atoms with Gasteiger partial charge in [0.05, 0.1) is 5.69 Å². The number of imidazole rings is 1. The Morgan fingerprint density at radius 3 is 2.02 bits per heavy atom. The molecule has 0 unspecified atom stereocenters. The number of carbonyl (C=O) groups excluding carboxylic acids is 5. The van der Waals surface area contributed by atoms with Crippen molar-refractivity contribution in [1.29, 1.82) is 0 Å². The Morgan fingerprint density at radius 2 is 1.34 bits per heavy atom. The minimum absolute atomic E-state index is 0.0403. The molecule has 0 aliphatic heterocycles. The first-order valence-electron chi connectivity index (χ1n) is 20.4. The number of hydrogen-bond acceptors (Lipinski definition) is 7. The van der Waals surface area contributed by atoms with Crippen LogP contribution in [0.2, 0.25) is 0 Å². The normalized spacial score (nSPS) is 12.6. The van der Waals surface area contributed by atoms with E-state index in [0.717, 1.165) is 44.8 Å². The summed E-state index contributed by atoms with van der Waals surface area (Å²) in [6.07, 6.45) is 16.2. The molecule has 0 radical (unpaired) electrons. The van der Waals surface area contributed by atoms with Crippen LogP contribution < -0.4 is 42.5 Å². The van der Waals surface area contributed by atoms with E-state index in [1.807, 2.05) is 7.05 Å².